The third-order valence-electron chi connectivity index (χ3n) is 2.87. The first-order valence-corrected chi connectivity index (χ1v) is 6.80. The van der Waals surface area contributed by atoms with Gasteiger partial charge in [0.2, 0.25) is 0 Å². The van der Waals surface area contributed by atoms with Crippen LogP contribution >= 0.6 is 0 Å². The molecule has 0 aromatic carbocycles. The number of carbonyl (C=O) groups excluding carboxylic acids is 2. The van der Waals surface area contributed by atoms with Crippen LogP contribution in [0.1, 0.15) is 34.1 Å². The van der Waals surface area contributed by atoms with Gasteiger partial charge in [0, 0.05) is 19.1 Å². The Balaban J connectivity index is 4.76. The van der Waals surface area contributed by atoms with E-state index in [0.29, 0.717) is 13.1 Å². The lowest BCUT2D eigenvalue weighted by Gasteiger charge is -2.32. The van der Waals surface area contributed by atoms with Crippen molar-refractivity contribution < 1.29 is 24.2 Å². The second-order valence-electron chi connectivity index (χ2n) is 4.33. The van der Waals surface area contributed by atoms with Gasteiger partial charge in [-0.05, 0) is 27.7 Å². The zero-order valence-electron chi connectivity index (χ0n) is 12.6. The van der Waals surface area contributed by atoms with Crippen LogP contribution in [-0.4, -0.2) is 65.2 Å². The summed E-state index contributed by atoms with van der Waals surface area (Å²) in [4.78, 5) is 37.3. The van der Waals surface area contributed by atoms with Gasteiger partial charge in [0.15, 0.2) is 0 Å². The minimum atomic E-state index is -0.961. The number of amides is 2. The third-order valence-corrected chi connectivity index (χ3v) is 2.87. The van der Waals surface area contributed by atoms with Crippen LogP contribution in [0.25, 0.3) is 0 Å². The smallest absolute Gasteiger partial charge is 0.325 e. The summed E-state index contributed by atoms with van der Waals surface area (Å²) >= 11 is 0. The predicted octanol–water partition coefficient (Wildman–Crippen LogP) is 1.18. The molecule has 0 saturated heterocycles. The first-order valence-electron chi connectivity index (χ1n) is 6.80. The molecule has 0 aliphatic carbocycles. The van der Waals surface area contributed by atoms with E-state index in [0.717, 1.165) is 0 Å². The Morgan fingerprint density at radius 2 is 1.75 bits per heavy atom. The van der Waals surface area contributed by atoms with Crippen molar-refractivity contribution in [3.63, 3.8) is 0 Å². The fourth-order valence-electron chi connectivity index (χ4n) is 1.86. The normalized spacial score (nSPS) is 11.6. The van der Waals surface area contributed by atoms with E-state index in [1.807, 2.05) is 0 Å². The highest BCUT2D eigenvalue weighted by atomic mass is 16.5. The van der Waals surface area contributed by atoms with Crippen LogP contribution in [-0.2, 0) is 14.3 Å². The number of nitrogens with zero attached hydrogens (tertiary/aromatic N) is 2. The molecule has 0 rings (SSSR count). The van der Waals surface area contributed by atoms with E-state index in [-0.39, 0.29) is 25.6 Å². The lowest BCUT2D eigenvalue weighted by Crippen LogP contribution is -2.49. The summed E-state index contributed by atoms with van der Waals surface area (Å²) in [6.07, 6.45) is -0.128. The Hall–Kier alpha value is -1.79. The van der Waals surface area contributed by atoms with Gasteiger partial charge in [-0.2, -0.15) is 0 Å². The summed E-state index contributed by atoms with van der Waals surface area (Å²) in [5.41, 5.74) is 0. The van der Waals surface area contributed by atoms with E-state index in [1.165, 1.54) is 9.80 Å². The molecule has 0 bridgehead atoms. The molecule has 0 fully saturated rings. The summed E-state index contributed by atoms with van der Waals surface area (Å²) in [6, 6.07) is -0.780. The molecule has 0 saturated carbocycles. The highest BCUT2D eigenvalue weighted by molar-refractivity contribution is 5.81. The molecule has 1 N–H and O–H groups in total. The average Bonchev–Trinajstić information content (AvgIpc) is 2.35. The number of carboxylic acids is 1. The van der Waals surface area contributed by atoms with Gasteiger partial charge < -0.3 is 19.6 Å². The van der Waals surface area contributed by atoms with Crippen molar-refractivity contribution in [2.75, 3.05) is 26.2 Å². The maximum atomic E-state index is 12.3. The molecule has 7 nitrogen and oxygen atoms in total. The Bertz CT molecular complexity index is 346. The second kappa shape index (κ2) is 9.17. The standard InChI is InChI=1S/C13H24N2O5/c1-5-14(9-12(18)20-7-3)13(19)15(6-2)10(4)8-11(16)17/h10H,5-9H2,1-4H3,(H,16,17). The molecular weight excluding hydrogens is 264 g/mol. The summed E-state index contributed by atoms with van der Waals surface area (Å²) in [6.45, 7) is 7.77. The maximum Gasteiger partial charge on any atom is 0.325 e. The van der Waals surface area contributed by atoms with Gasteiger partial charge in [0.05, 0.1) is 13.0 Å². The number of likely N-dealkylation sites (N-methyl/N-ethyl adjacent to an activating group) is 1. The van der Waals surface area contributed by atoms with Crippen LogP contribution in [0, 0.1) is 0 Å². The number of carbonyl (C=O) groups is 3. The van der Waals surface area contributed by atoms with Crippen molar-refractivity contribution >= 4 is 18.0 Å². The topological polar surface area (TPSA) is 87.2 Å². The minimum Gasteiger partial charge on any atom is -0.481 e. The van der Waals surface area contributed by atoms with Crippen molar-refractivity contribution in [1.29, 1.82) is 0 Å². The molecule has 0 radical (unpaired) electrons. The van der Waals surface area contributed by atoms with Gasteiger partial charge in [-0.1, -0.05) is 0 Å². The van der Waals surface area contributed by atoms with Gasteiger partial charge in [0.25, 0.3) is 0 Å². The maximum absolute atomic E-state index is 12.3. The molecule has 0 spiro atoms. The lowest BCUT2D eigenvalue weighted by molar-refractivity contribution is -0.144. The zero-order valence-corrected chi connectivity index (χ0v) is 12.6. The summed E-state index contributed by atoms with van der Waals surface area (Å²) in [7, 11) is 0. The number of hydrogen-bond donors (Lipinski definition) is 1. The molecule has 0 heterocycles. The highest BCUT2D eigenvalue weighted by Gasteiger charge is 2.26. The van der Waals surface area contributed by atoms with Crippen molar-refractivity contribution in [3.05, 3.63) is 0 Å². The number of ether oxygens (including phenoxy) is 1. The molecule has 0 aromatic heterocycles. The van der Waals surface area contributed by atoms with E-state index in [4.69, 9.17) is 9.84 Å². The molecule has 116 valence electrons. The third kappa shape index (κ3) is 5.90. The Morgan fingerprint density at radius 3 is 2.15 bits per heavy atom. The summed E-state index contributed by atoms with van der Waals surface area (Å²) < 4.78 is 4.82. The van der Waals surface area contributed by atoms with Gasteiger partial charge in [-0.3, -0.25) is 9.59 Å². The van der Waals surface area contributed by atoms with Crippen LogP contribution in [0.15, 0.2) is 0 Å². The molecular formula is C13H24N2O5. The van der Waals surface area contributed by atoms with Crippen molar-refractivity contribution in [2.45, 2.75) is 40.2 Å². The fourth-order valence-corrected chi connectivity index (χ4v) is 1.86. The first-order chi connectivity index (χ1) is 9.37. The number of urea groups is 1. The van der Waals surface area contributed by atoms with Gasteiger partial charge in [-0.15, -0.1) is 0 Å². The van der Waals surface area contributed by atoms with E-state index in [1.54, 1.807) is 27.7 Å². The van der Waals surface area contributed by atoms with Gasteiger partial charge in [-0.25, -0.2) is 4.79 Å². The second-order valence-corrected chi connectivity index (χ2v) is 4.33. The molecule has 1 atom stereocenters. The van der Waals surface area contributed by atoms with E-state index < -0.39 is 18.0 Å². The fraction of sp³-hybridized carbons (Fsp3) is 0.769. The van der Waals surface area contributed by atoms with Crippen LogP contribution < -0.4 is 0 Å². The minimum absolute atomic E-state index is 0.126. The number of hydrogen-bond acceptors (Lipinski definition) is 4. The average molecular weight is 288 g/mol. The van der Waals surface area contributed by atoms with Crippen LogP contribution in [0.2, 0.25) is 0 Å². The highest BCUT2D eigenvalue weighted by Crippen LogP contribution is 2.08. The van der Waals surface area contributed by atoms with Crippen LogP contribution in [0.5, 0.6) is 0 Å². The Labute approximate surface area is 119 Å². The summed E-state index contributed by atoms with van der Waals surface area (Å²) in [5.74, 6) is -1.43. The van der Waals surface area contributed by atoms with Crippen molar-refractivity contribution in [3.8, 4) is 0 Å². The molecule has 2 amide bonds. The SMILES string of the molecule is CCOC(=O)CN(CC)C(=O)N(CC)C(C)CC(=O)O. The van der Waals surface area contributed by atoms with Crippen LogP contribution in [0.3, 0.4) is 0 Å². The molecule has 0 aromatic rings. The Morgan fingerprint density at radius 1 is 1.15 bits per heavy atom. The monoisotopic (exact) mass is 288 g/mol. The number of rotatable bonds is 8. The van der Waals surface area contributed by atoms with Crippen molar-refractivity contribution in [2.24, 2.45) is 0 Å². The predicted molar refractivity (Wildman–Crippen MR) is 73.4 cm³/mol. The van der Waals surface area contributed by atoms with Gasteiger partial charge >= 0.3 is 18.0 Å². The Kier molecular flexibility index (Phi) is 8.35. The largest absolute Gasteiger partial charge is 0.481 e. The summed E-state index contributed by atoms with van der Waals surface area (Å²) in [5, 5.41) is 8.80. The van der Waals surface area contributed by atoms with Crippen LogP contribution in [0.4, 0.5) is 4.79 Å². The quantitative estimate of drug-likeness (QED) is 0.678. The molecule has 7 heteroatoms. The number of esters is 1. The van der Waals surface area contributed by atoms with Gasteiger partial charge in [0.1, 0.15) is 6.54 Å². The molecule has 20 heavy (non-hydrogen) atoms. The molecule has 1 unspecified atom stereocenters. The molecule has 0 aliphatic heterocycles. The number of carboxylic acid groups (broad SMARTS) is 1. The first kappa shape index (κ1) is 18.2. The lowest BCUT2D eigenvalue weighted by atomic mass is 10.2. The zero-order chi connectivity index (χ0) is 15.7. The van der Waals surface area contributed by atoms with E-state index in [9.17, 15) is 14.4 Å². The van der Waals surface area contributed by atoms with E-state index >= 15 is 0 Å². The van der Waals surface area contributed by atoms with E-state index in [2.05, 4.69) is 0 Å². The molecule has 0 aliphatic rings. The number of aliphatic carboxylic acids is 1. The van der Waals surface area contributed by atoms with Crippen molar-refractivity contribution in [1.82, 2.24) is 9.80 Å².